The molecule has 15 heavy (non-hydrogen) atoms. The zero-order valence-corrected chi connectivity index (χ0v) is 9.43. The van der Waals surface area contributed by atoms with Gasteiger partial charge in [0, 0.05) is 13.1 Å². The van der Waals surface area contributed by atoms with Gasteiger partial charge in [-0.2, -0.15) is 0 Å². The van der Waals surface area contributed by atoms with Gasteiger partial charge in [-0.15, -0.1) is 0 Å². The van der Waals surface area contributed by atoms with Crippen molar-refractivity contribution in [2.24, 2.45) is 11.8 Å². The number of carbonyl (C=O) groups excluding carboxylic acids is 1. The smallest absolute Gasteiger partial charge is 0.224 e. The van der Waals surface area contributed by atoms with Crippen molar-refractivity contribution < 1.29 is 4.79 Å². The standard InChI is InChI=1S/C12H22N2O/c15-12(11-4-2-7-13-9-11)14-8-1-3-10-5-6-10/h10-11,13H,1-9H2,(H,14,15)/t11-/m1/s1. The van der Waals surface area contributed by atoms with Crippen LogP contribution in [0.15, 0.2) is 0 Å². The number of nitrogens with one attached hydrogen (secondary N) is 2. The summed E-state index contributed by atoms with van der Waals surface area (Å²) in [5.41, 5.74) is 0. The van der Waals surface area contributed by atoms with Crippen molar-refractivity contribution in [1.82, 2.24) is 10.6 Å². The molecule has 1 heterocycles. The van der Waals surface area contributed by atoms with Crippen LogP contribution in [0.1, 0.15) is 38.5 Å². The lowest BCUT2D eigenvalue weighted by atomic mass is 9.99. The van der Waals surface area contributed by atoms with Crippen molar-refractivity contribution in [2.75, 3.05) is 19.6 Å². The predicted octanol–water partition coefficient (Wildman–Crippen LogP) is 1.29. The Morgan fingerprint density at radius 1 is 1.33 bits per heavy atom. The van der Waals surface area contributed by atoms with E-state index in [0.29, 0.717) is 0 Å². The van der Waals surface area contributed by atoms with Gasteiger partial charge in [0.2, 0.25) is 5.91 Å². The molecule has 1 saturated carbocycles. The number of hydrogen-bond acceptors (Lipinski definition) is 2. The van der Waals surface area contributed by atoms with Gasteiger partial charge in [0.05, 0.1) is 5.92 Å². The molecule has 1 amide bonds. The van der Waals surface area contributed by atoms with E-state index in [1.165, 1.54) is 19.3 Å². The lowest BCUT2D eigenvalue weighted by Gasteiger charge is -2.21. The Morgan fingerprint density at radius 3 is 2.87 bits per heavy atom. The maximum Gasteiger partial charge on any atom is 0.224 e. The third-order valence-electron chi connectivity index (χ3n) is 3.45. The van der Waals surface area contributed by atoms with E-state index in [1.54, 1.807) is 0 Å². The first-order valence-corrected chi connectivity index (χ1v) is 6.34. The minimum atomic E-state index is 0.222. The first kappa shape index (κ1) is 10.9. The number of hydrogen-bond donors (Lipinski definition) is 2. The van der Waals surface area contributed by atoms with Gasteiger partial charge in [-0.05, 0) is 38.1 Å². The molecule has 1 atom stereocenters. The first-order chi connectivity index (χ1) is 7.36. The van der Waals surface area contributed by atoms with Gasteiger partial charge in [-0.1, -0.05) is 12.8 Å². The highest BCUT2D eigenvalue weighted by molar-refractivity contribution is 5.78. The molecule has 0 unspecified atom stereocenters. The minimum Gasteiger partial charge on any atom is -0.356 e. The van der Waals surface area contributed by atoms with Gasteiger partial charge in [-0.25, -0.2) is 0 Å². The molecular formula is C12H22N2O. The molecule has 1 aliphatic heterocycles. The molecule has 3 heteroatoms. The Morgan fingerprint density at radius 2 is 2.20 bits per heavy atom. The molecule has 0 bridgehead atoms. The SMILES string of the molecule is O=C(NCCCC1CC1)[C@@H]1CCCNC1. The summed E-state index contributed by atoms with van der Waals surface area (Å²) in [7, 11) is 0. The van der Waals surface area contributed by atoms with Crippen LogP contribution in [0, 0.1) is 11.8 Å². The lowest BCUT2D eigenvalue weighted by molar-refractivity contribution is -0.125. The summed E-state index contributed by atoms with van der Waals surface area (Å²) in [6.07, 6.45) is 7.50. The average molecular weight is 210 g/mol. The molecule has 0 aromatic rings. The van der Waals surface area contributed by atoms with Crippen LogP contribution in [0.3, 0.4) is 0 Å². The first-order valence-electron chi connectivity index (χ1n) is 6.34. The molecule has 1 saturated heterocycles. The van der Waals surface area contributed by atoms with Gasteiger partial charge in [-0.3, -0.25) is 4.79 Å². The molecule has 3 nitrogen and oxygen atoms in total. The van der Waals surface area contributed by atoms with Crippen LogP contribution >= 0.6 is 0 Å². The fourth-order valence-electron chi connectivity index (χ4n) is 2.23. The molecule has 2 fully saturated rings. The minimum absolute atomic E-state index is 0.222. The molecule has 2 aliphatic rings. The van der Waals surface area contributed by atoms with E-state index >= 15 is 0 Å². The molecule has 0 radical (unpaired) electrons. The summed E-state index contributed by atoms with van der Waals surface area (Å²) in [6, 6.07) is 0. The van der Waals surface area contributed by atoms with Crippen molar-refractivity contribution in [2.45, 2.75) is 38.5 Å². The second kappa shape index (κ2) is 5.50. The van der Waals surface area contributed by atoms with E-state index in [-0.39, 0.29) is 11.8 Å². The Labute approximate surface area is 92.0 Å². The van der Waals surface area contributed by atoms with Crippen molar-refractivity contribution in [3.63, 3.8) is 0 Å². The highest BCUT2D eigenvalue weighted by Gasteiger charge is 2.22. The predicted molar refractivity (Wildman–Crippen MR) is 60.6 cm³/mol. The van der Waals surface area contributed by atoms with Crippen LogP contribution in [0.2, 0.25) is 0 Å². The zero-order valence-electron chi connectivity index (χ0n) is 9.43. The number of rotatable bonds is 5. The van der Waals surface area contributed by atoms with Crippen LogP contribution in [-0.4, -0.2) is 25.5 Å². The second-order valence-corrected chi connectivity index (χ2v) is 4.92. The number of carbonyl (C=O) groups is 1. The Balaban J connectivity index is 1.54. The summed E-state index contributed by atoms with van der Waals surface area (Å²) in [5, 5.41) is 6.33. The van der Waals surface area contributed by atoms with Gasteiger partial charge >= 0.3 is 0 Å². The van der Waals surface area contributed by atoms with Gasteiger partial charge < -0.3 is 10.6 Å². The summed E-state index contributed by atoms with van der Waals surface area (Å²) < 4.78 is 0. The van der Waals surface area contributed by atoms with Crippen molar-refractivity contribution in [3.8, 4) is 0 Å². The third-order valence-corrected chi connectivity index (χ3v) is 3.45. The van der Waals surface area contributed by atoms with Crippen LogP contribution in [0.4, 0.5) is 0 Å². The topological polar surface area (TPSA) is 41.1 Å². The normalized spacial score (nSPS) is 26.3. The Hall–Kier alpha value is -0.570. The maximum atomic E-state index is 11.7. The molecule has 1 aliphatic carbocycles. The summed E-state index contributed by atoms with van der Waals surface area (Å²) in [5.74, 6) is 1.47. The van der Waals surface area contributed by atoms with Gasteiger partial charge in [0.25, 0.3) is 0 Å². The molecule has 86 valence electrons. The largest absolute Gasteiger partial charge is 0.356 e. The third kappa shape index (κ3) is 3.82. The van der Waals surface area contributed by atoms with Gasteiger partial charge in [0.1, 0.15) is 0 Å². The number of piperidine rings is 1. The Bertz CT molecular complexity index is 208. The average Bonchev–Trinajstić information content (AvgIpc) is 3.09. The van der Waals surface area contributed by atoms with Crippen LogP contribution in [0.25, 0.3) is 0 Å². The van der Waals surface area contributed by atoms with Crippen molar-refractivity contribution >= 4 is 5.91 Å². The molecule has 2 N–H and O–H groups in total. The van der Waals surface area contributed by atoms with E-state index in [1.807, 2.05) is 0 Å². The van der Waals surface area contributed by atoms with Crippen LogP contribution in [-0.2, 0) is 4.79 Å². The quantitative estimate of drug-likeness (QED) is 0.671. The summed E-state index contributed by atoms with van der Waals surface area (Å²) in [6.45, 7) is 2.83. The van der Waals surface area contributed by atoms with Crippen LogP contribution in [0.5, 0.6) is 0 Å². The van der Waals surface area contributed by atoms with E-state index in [0.717, 1.165) is 44.8 Å². The van der Waals surface area contributed by atoms with E-state index < -0.39 is 0 Å². The van der Waals surface area contributed by atoms with Crippen molar-refractivity contribution in [1.29, 1.82) is 0 Å². The van der Waals surface area contributed by atoms with Gasteiger partial charge in [0.15, 0.2) is 0 Å². The van der Waals surface area contributed by atoms with Crippen molar-refractivity contribution in [3.05, 3.63) is 0 Å². The highest BCUT2D eigenvalue weighted by atomic mass is 16.1. The molecule has 0 aromatic carbocycles. The summed E-state index contributed by atoms with van der Waals surface area (Å²) in [4.78, 5) is 11.7. The van der Waals surface area contributed by atoms with E-state index in [2.05, 4.69) is 10.6 Å². The molecule has 2 rings (SSSR count). The molecule has 0 aromatic heterocycles. The van der Waals surface area contributed by atoms with E-state index in [9.17, 15) is 4.79 Å². The Kier molecular flexibility index (Phi) is 4.01. The van der Waals surface area contributed by atoms with E-state index in [4.69, 9.17) is 0 Å². The zero-order chi connectivity index (χ0) is 10.5. The lowest BCUT2D eigenvalue weighted by Crippen LogP contribution is -2.40. The molecule has 0 spiro atoms. The fourth-order valence-corrected chi connectivity index (χ4v) is 2.23. The second-order valence-electron chi connectivity index (χ2n) is 4.92. The highest BCUT2D eigenvalue weighted by Crippen LogP contribution is 2.33. The fraction of sp³-hybridized carbons (Fsp3) is 0.917. The monoisotopic (exact) mass is 210 g/mol. The van der Waals surface area contributed by atoms with Crippen LogP contribution < -0.4 is 10.6 Å². The summed E-state index contributed by atoms with van der Waals surface area (Å²) >= 11 is 0. The maximum absolute atomic E-state index is 11.7. The molecular weight excluding hydrogens is 188 g/mol. The number of amides is 1.